The number of nitrogens with one attached hydrogen (secondary N) is 1. The van der Waals surface area contributed by atoms with Crippen molar-refractivity contribution in [1.29, 1.82) is 0 Å². The highest BCUT2D eigenvalue weighted by molar-refractivity contribution is 7.22. The lowest BCUT2D eigenvalue weighted by atomic mass is 10.4. The summed E-state index contributed by atoms with van der Waals surface area (Å²) in [6.07, 6.45) is 3.63. The van der Waals surface area contributed by atoms with Crippen molar-refractivity contribution in [2.24, 2.45) is 0 Å². The molecule has 1 N–H and O–H groups in total. The van der Waals surface area contributed by atoms with Crippen molar-refractivity contribution < 1.29 is 4.79 Å². The fraction of sp³-hybridized carbons (Fsp3) is 0.182. The van der Waals surface area contributed by atoms with Gasteiger partial charge in [-0.1, -0.05) is 11.3 Å². The molecule has 90 valence electrons. The monoisotopic (exact) mass is 259 g/mol. The van der Waals surface area contributed by atoms with Gasteiger partial charge in [0.15, 0.2) is 10.8 Å². The molecule has 4 rings (SSSR count). The van der Waals surface area contributed by atoms with E-state index in [1.54, 1.807) is 11.1 Å². The number of urea groups is 1. The molecule has 3 aromatic rings. The summed E-state index contributed by atoms with van der Waals surface area (Å²) in [5.74, 6) is 0. The number of hydrogen-bond donors (Lipinski definition) is 1. The first kappa shape index (κ1) is 9.84. The van der Waals surface area contributed by atoms with Gasteiger partial charge in [0.05, 0.1) is 4.70 Å². The number of fused-ring (bicyclic) bond motifs is 3. The van der Waals surface area contributed by atoms with Gasteiger partial charge in [-0.25, -0.2) is 14.8 Å². The molecule has 6 nitrogen and oxygen atoms in total. The highest BCUT2D eigenvalue weighted by atomic mass is 32.1. The van der Waals surface area contributed by atoms with Crippen molar-refractivity contribution in [3.63, 3.8) is 0 Å². The van der Waals surface area contributed by atoms with E-state index in [1.807, 2.05) is 22.7 Å². The lowest BCUT2D eigenvalue weighted by Crippen LogP contribution is -2.27. The molecule has 1 saturated heterocycles. The Hall–Kier alpha value is -2.15. The molecule has 0 aliphatic carbocycles. The average molecular weight is 259 g/mol. The highest BCUT2D eigenvalue weighted by Crippen LogP contribution is 2.29. The minimum Gasteiger partial charge on any atom is -0.336 e. The van der Waals surface area contributed by atoms with Gasteiger partial charge in [0.1, 0.15) is 5.65 Å². The maximum Gasteiger partial charge on any atom is 0.323 e. The van der Waals surface area contributed by atoms with E-state index in [0.29, 0.717) is 13.1 Å². The number of imidazole rings is 1. The smallest absolute Gasteiger partial charge is 0.323 e. The van der Waals surface area contributed by atoms with Crippen LogP contribution in [0.4, 0.5) is 9.93 Å². The molecule has 1 aliphatic heterocycles. The fourth-order valence-corrected chi connectivity index (χ4v) is 3.12. The number of thiazole rings is 1. The van der Waals surface area contributed by atoms with Crippen LogP contribution in [0.15, 0.2) is 24.5 Å². The second-order valence-electron chi connectivity index (χ2n) is 4.06. The molecule has 0 aromatic carbocycles. The Balaban J connectivity index is 1.95. The minimum absolute atomic E-state index is 0.0732. The molecular formula is C11H9N5OS. The van der Waals surface area contributed by atoms with Crippen LogP contribution in [-0.4, -0.2) is 33.5 Å². The van der Waals surface area contributed by atoms with Crippen molar-refractivity contribution in [2.75, 3.05) is 18.0 Å². The maximum atomic E-state index is 11.6. The molecule has 18 heavy (non-hydrogen) atoms. The molecule has 2 amide bonds. The number of anilines is 1. The highest BCUT2D eigenvalue weighted by Gasteiger charge is 2.24. The van der Waals surface area contributed by atoms with Crippen LogP contribution in [0.3, 0.4) is 0 Å². The minimum atomic E-state index is -0.0732. The van der Waals surface area contributed by atoms with E-state index in [-0.39, 0.29) is 6.03 Å². The first-order valence-electron chi connectivity index (χ1n) is 5.61. The van der Waals surface area contributed by atoms with Gasteiger partial charge in [0, 0.05) is 25.5 Å². The lowest BCUT2D eigenvalue weighted by Gasteiger charge is -2.08. The third kappa shape index (κ3) is 1.25. The van der Waals surface area contributed by atoms with Crippen molar-refractivity contribution in [3.05, 3.63) is 24.5 Å². The van der Waals surface area contributed by atoms with Crippen LogP contribution in [0.5, 0.6) is 0 Å². The van der Waals surface area contributed by atoms with Gasteiger partial charge in [-0.3, -0.25) is 9.30 Å². The Morgan fingerprint density at radius 2 is 2.33 bits per heavy atom. The largest absolute Gasteiger partial charge is 0.336 e. The van der Waals surface area contributed by atoms with E-state index in [2.05, 4.69) is 15.3 Å². The fourth-order valence-electron chi connectivity index (χ4n) is 2.13. The number of aromatic nitrogens is 3. The van der Waals surface area contributed by atoms with Crippen LogP contribution in [0, 0.1) is 0 Å². The van der Waals surface area contributed by atoms with Gasteiger partial charge in [0.25, 0.3) is 0 Å². The molecular weight excluding hydrogens is 250 g/mol. The van der Waals surface area contributed by atoms with Crippen LogP contribution < -0.4 is 10.2 Å². The zero-order chi connectivity index (χ0) is 12.1. The van der Waals surface area contributed by atoms with Crippen LogP contribution in [0.25, 0.3) is 16.0 Å². The molecule has 0 spiro atoms. The van der Waals surface area contributed by atoms with Gasteiger partial charge in [-0.2, -0.15) is 0 Å². The molecule has 0 unspecified atom stereocenters. The second kappa shape index (κ2) is 3.42. The first-order valence-corrected chi connectivity index (χ1v) is 6.42. The Morgan fingerprint density at radius 1 is 1.39 bits per heavy atom. The van der Waals surface area contributed by atoms with Crippen LogP contribution >= 0.6 is 11.3 Å². The number of carbonyl (C=O) groups is 1. The summed E-state index contributed by atoms with van der Waals surface area (Å²) in [6, 6.07) is 3.87. The first-order chi connectivity index (χ1) is 8.83. The summed E-state index contributed by atoms with van der Waals surface area (Å²) in [6.45, 7) is 1.35. The molecule has 0 saturated carbocycles. The molecule has 0 radical (unpaired) electrons. The molecule has 0 atom stereocenters. The number of nitrogens with zero attached hydrogens (tertiary/aromatic N) is 4. The summed E-state index contributed by atoms with van der Waals surface area (Å²) in [5, 5.41) is 3.52. The third-order valence-corrected chi connectivity index (χ3v) is 4.03. The van der Waals surface area contributed by atoms with Gasteiger partial charge >= 0.3 is 6.03 Å². The zero-order valence-electron chi connectivity index (χ0n) is 9.33. The summed E-state index contributed by atoms with van der Waals surface area (Å²) in [5.41, 5.74) is 1.72. The normalized spacial score (nSPS) is 15.8. The Kier molecular flexibility index (Phi) is 1.87. The number of carbonyl (C=O) groups excluding carboxylic acids is 1. The Bertz CT molecular complexity index is 761. The molecule has 1 aliphatic rings. The van der Waals surface area contributed by atoms with Gasteiger partial charge in [0.2, 0.25) is 0 Å². The van der Waals surface area contributed by atoms with E-state index in [9.17, 15) is 4.79 Å². The SMILES string of the molecule is O=C1NCCN1c1nc2c(ccc3nccn32)s1. The topological polar surface area (TPSA) is 62.5 Å². The summed E-state index contributed by atoms with van der Waals surface area (Å²) < 4.78 is 2.98. The van der Waals surface area contributed by atoms with Gasteiger partial charge < -0.3 is 5.32 Å². The van der Waals surface area contributed by atoms with E-state index < -0.39 is 0 Å². The van der Waals surface area contributed by atoms with Crippen molar-refractivity contribution >= 4 is 38.5 Å². The molecule has 1 fully saturated rings. The van der Waals surface area contributed by atoms with Crippen LogP contribution in [-0.2, 0) is 0 Å². The molecule has 0 bridgehead atoms. The van der Waals surface area contributed by atoms with Crippen molar-refractivity contribution in [1.82, 2.24) is 19.7 Å². The van der Waals surface area contributed by atoms with E-state index in [1.165, 1.54) is 11.3 Å². The van der Waals surface area contributed by atoms with Gasteiger partial charge in [-0.05, 0) is 12.1 Å². The van der Waals surface area contributed by atoms with E-state index in [0.717, 1.165) is 21.1 Å². The van der Waals surface area contributed by atoms with Crippen LogP contribution in [0.1, 0.15) is 0 Å². The lowest BCUT2D eigenvalue weighted by molar-refractivity contribution is 0.252. The number of amides is 2. The predicted octanol–water partition coefficient (Wildman–Crippen LogP) is 1.47. The molecule has 7 heteroatoms. The van der Waals surface area contributed by atoms with E-state index in [4.69, 9.17) is 0 Å². The summed E-state index contributed by atoms with van der Waals surface area (Å²) >= 11 is 1.52. The zero-order valence-corrected chi connectivity index (χ0v) is 10.1. The Morgan fingerprint density at radius 3 is 3.17 bits per heavy atom. The van der Waals surface area contributed by atoms with Crippen molar-refractivity contribution in [3.8, 4) is 0 Å². The van der Waals surface area contributed by atoms with Gasteiger partial charge in [-0.15, -0.1) is 0 Å². The average Bonchev–Trinajstić information content (AvgIpc) is 3.04. The Labute approximate surface area is 106 Å². The van der Waals surface area contributed by atoms with E-state index >= 15 is 0 Å². The third-order valence-electron chi connectivity index (χ3n) is 2.99. The number of pyridine rings is 1. The number of hydrogen-bond acceptors (Lipinski definition) is 4. The predicted molar refractivity (Wildman–Crippen MR) is 69.1 cm³/mol. The quantitative estimate of drug-likeness (QED) is 0.720. The summed E-state index contributed by atoms with van der Waals surface area (Å²) in [4.78, 5) is 22.1. The van der Waals surface area contributed by atoms with Crippen molar-refractivity contribution in [2.45, 2.75) is 0 Å². The second-order valence-corrected chi connectivity index (χ2v) is 5.07. The molecule has 4 heterocycles. The number of rotatable bonds is 1. The summed E-state index contributed by atoms with van der Waals surface area (Å²) in [7, 11) is 0. The molecule has 3 aromatic heterocycles. The van der Waals surface area contributed by atoms with Crippen LogP contribution in [0.2, 0.25) is 0 Å². The maximum absolute atomic E-state index is 11.6. The standard InChI is InChI=1S/C11H9N5OS/c17-10-13-4-6-16(10)11-14-9-7(18-11)1-2-8-12-3-5-15(8)9/h1-3,5H,4,6H2,(H,13,17).